The Kier molecular flexibility index (Phi) is 3.90. The molecule has 0 atom stereocenters. The van der Waals surface area contributed by atoms with Crippen molar-refractivity contribution in [2.75, 3.05) is 10.5 Å². The van der Waals surface area contributed by atoms with Crippen LogP contribution in [0.15, 0.2) is 31.6 Å². The molecule has 0 unspecified atom stereocenters. The van der Waals surface area contributed by atoms with Crippen LogP contribution in [0, 0.1) is 0 Å². The Labute approximate surface area is 124 Å². The molecule has 2 heterocycles. The third-order valence-electron chi connectivity index (χ3n) is 1.84. The monoisotopic (exact) mass is 412 g/mol. The second-order valence-corrected chi connectivity index (χ2v) is 8.09. The first-order valence-electron chi connectivity index (χ1n) is 4.43. The van der Waals surface area contributed by atoms with Gasteiger partial charge in [0.2, 0.25) is 0 Å². The van der Waals surface area contributed by atoms with Gasteiger partial charge in [0.15, 0.2) is 5.13 Å². The molecule has 2 rings (SSSR count). The smallest absolute Gasteiger partial charge is 0.267 e. The van der Waals surface area contributed by atoms with E-state index >= 15 is 0 Å². The van der Waals surface area contributed by atoms with Gasteiger partial charge in [-0.25, -0.2) is 18.4 Å². The maximum Gasteiger partial charge on any atom is 0.267 e. The lowest BCUT2D eigenvalue weighted by molar-refractivity contribution is 0.601. The topological polar surface area (TPSA) is 98.0 Å². The summed E-state index contributed by atoms with van der Waals surface area (Å²) in [6.45, 7) is 0. The van der Waals surface area contributed by atoms with E-state index in [0.29, 0.717) is 4.47 Å². The molecule has 0 saturated heterocycles. The van der Waals surface area contributed by atoms with Gasteiger partial charge in [-0.3, -0.25) is 4.72 Å². The minimum atomic E-state index is -3.79. The molecule has 0 aliphatic carbocycles. The molecule has 0 bridgehead atoms. The maximum atomic E-state index is 12.1. The number of hydrogen-bond acceptors (Lipinski definition) is 6. The molecule has 0 aromatic carbocycles. The Bertz CT molecular complexity index is 686. The number of anilines is 2. The van der Waals surface area contributed by atoms with Gasteiger partial charge in [0.05, 0.1) is 9.98 Å². The summed E-state index contributed by atoms with van der Waals surface area (Å²) in [6.07, 6.45) is 2.93. The highest BCUT2D eigenvalue weighted by Crippen LogP contribution is 2.27. The van der Waals surface area contributed by atoms with Gasteiger partial charge in [0.1, 0.15) is 10.7 Å². The molecular formula is C8H6Br2N4O2S2. The lowest BCUT2D eigenvalue weighted by Gasteiger charge is -2.07. The molecule has 0 radical (unpaired) electrons. The molecule has 0 aliphatic rings. The number of nitrogens with zero attached hydrogens (tertiary/aromatic N) is 2. The summed E-state index contributed by atoms with van der Waals surface area (Å²) in [5.74, 6) is -0.0682. The number of nitrogens with two attached hydrogens (primary N) is 1. The predicted molar refractivity (Wildman–Crippen MR) is 77.0 cm³/mol. The molecule has 96 valence electrons. The van der Waals surface area contributed by atoms with E-state index in [1.807, 2.05) is 0 Å². The lowest BCUT2D eigenvalue weighted by Crippen LogP contribution is -2.15. The summed E-state index contributed by atoms with van der Waals surface area (Å²) >= 11 is 7.51. The van der Waals surface area contributed by atoms with Gasteiger partial charge in [-0.2, -0.15) is 0 Å². The van der Waals surface area contributed by atoms with E-state index in [2.05, 4.69) is 46.5 Å². The van der Waals surface area contributed by atoms with Gasteiger partial charge < -0.3 is 5.73 Å². The average molecular weight is 414 g/mol. The van der Waals surface area contributed by atoms with Crippen LogP contribution in [0.25, 0.3) is 0 Å². The molecule has 0 saturated carbocycles. The Morgan fingerprint density at radius 1 is 1.28 bits per heavy atom. The third kappa shape index (κ3) is 2.99. The normalized spacial score (nSPS) is 11.4. The van der Waals surface area contributed by atoms with E-state index in [1.165, 1.54) is 18.5 Å². The van der Waals surface area contributed by atoms with E-state index in [0.717, 1.165) is 15.1 Å². The average Bonchev–Trinajstić information content (AvgIpc) is 2.66. The van der Waals surface area contributed by atoms with Crippen molar-refractivity contribution in [1.82, 2.24) is 9.97 Å². The van der Waals surface area contributed by atoms with Crippen LogP contribution in [0.1, 0.15) is 0 Å². The highest BCUT2D eigenvalue weighted by molar-refractivity contribution is 9.11. The Morgan fingerprint density at radius 2 is 2.00 bits per heavy atom. The highest BCUT2D eigenvalue weighted by Gasteiger charge is 2.20. The van der Waals surface area contributed by atoms with Crippen LogP contribution in [0.3, 0.4) is 0 Å². The fourth-order valence-electron chi connectivity index (χ4n) is 1.12. The van der Waals surface area contributed by atoms with Crippen molar-refractivity contribution in [2.24, 2.45) is 0 Å². The quantitative estimate of drug-likeness (QED) is 0.805. The van der Waals surface area contributed by atoms with Crippen LogP contribution in [-0.2, 0) is 10.0 Å². The van der Waals surface area contributed by atoms with Crippen molar-refractivity contribution in [3.05, 3.63) is 26.7 Å². The van der Waals surface area contributed by atoms with E-state index in [9.17, 15) is 8.42 Å². The number of nitrogen functional groups attached to an aromatic ring is 1. The van der Waals surface area contributed by atoms with E-state index < -0.39 is 10.0 Å². The number of halogens is 2. The second kappa shape index (κ2) is 5.11. The summed E-state index contributed by atoms with van der Waals surface area (Å²) in [4.78, 5) is 7.57. The molecule has 0 fully saturated rings. The number of pyridine rings is 1. The van der Waals surface area contributed by atoms with Gasteiger partial charge >= 0.3 is 0 Å². The molecule has 2 aromatic rings. The standard InChI is InChI=1S/C8H6Br2N4O2S2/c9-4-1-5(7(11)12-2-4)18(15,16)14-8-13-3-6(10)17-8/h1-3H,(H2,11,12)(H,13,14). The first-order chi connectivity index (χ1) is 8.38. The molecule has 2 aromatic heterocycles. The number of hydrogen-bond donors (Lipinski definition) is 2. The fourth-order valence-corrected chi connectivity index (χ4v) is 4.06. The van der Waals surface area contributed by atoms with Crippen LogP contribution in [0.5, 0.6) is 0 Å². The van der Waals surface area contributed by atoms with Crippen molar-refractivity contribution in [1.29, 1.82) is 0 Å². The summed E-state index contributed by atoms with van der Waals surface area (Å²) in [5.41, 5.74) is 5.56. The summed E-state index contributed by atoms with van der Waals surface area (Å²) in [5, 5.41) is 0.251. The first kappa shape index (κ1) is 13.7. The van der Waals surface area contributed by atoms with Gasteiger partial charge in [0, 0.05) is 10.7 Å². The zero-order valence-corrected chi connectivity index (χ0v) is 13.4. The zero-order valence-electron chi connectivity index (χ0n) is 8.59. The largest absolute Gasteiger partial charge is 0.383 e. The number of aromatic nitrogens is 2. The van der Waals surface area contributed by atoms with Gasteiger partial charge in [0.25, 0.3) is 10.0 Å². The minimum Gasteiger partial charge on any atom is -0.383 e. The highest BCUT2D eigenvalue weighted by atomic mass is 79.9. The molecule has 18 heavy (non-hydrogen) atoms. The van der Waals surface area contributed by atoms with E-state index in [4.69, 9.17) is 5.73 Å². The Morgan fingerprint density at radius 3 is 2.61 bits per heavy atom. The van der Waals surface area contributed by atoms with Crippen LogP contribution in [0.4, 0.5) is 10.9 Å². The van der Waals surface area contributed by atoms with Gasteiger partial charge in [-0.05, 0) is 37.9 Å². The van der Waals surface area contributed by atoms with Crippen molar-refractivity contribution in [3.63, 3.8) is 0 Å². The molecule has 6 nitrogen and oxygen atoms in total. The molecule has 3 N–H and O–H groups in total. The molecule has 0 spiro atoms. The zero-order chi connectivity index (χ0) is 13.3. The Hall–Kier alpha value is -0.710. The number of rotatable bonds is 3. The molecule has 0 aliphatic heterocycles. The molecular weight excluding hydrogens is 408 g/mol. The maximum absolute atomic E-state index is 12.1. The Balaban J connectivity index is 2.39. The first-order valence-corrected chi connectivity index (χ1v) is 8.32. The summed E-state index contributed by atoms with van der Waals surface area (Å²) < 4.78 is 27.7. The fraction of sp³-hybridized carbons (Fsp3) is 0. The van der Waals surface area contributed by atoms with E-state index in [-0.39, 0.29) is 15.8 Å². The van der Waals surface area contributed by atoms with Crippen LogP contribution in [-0.4, -0.2) is 18.4 Å². The summed E-state index contributed by atoms with van der Waals surface area (Å²) in [7, 11) is -3.79. The molecule has 0 amide bonds. The number of nitrogens with one attached hydrogen (secondary N) is 1. The van der Waals surface area contributed by atoms with E-state index in [1.54, 1.807) is 0 Å². The van der Waals surface area contributed by atoms with Gasteiger partial charge in [-0.1, -0.05) is 11.3 Å². The number of thiazole rings is 1. The van der Waals surface area contributed by atoms with Crippen LogP contribution >= 0.6 is 43.2 Å². The third-order valence-corrected chi connectivity index (χ3v) is 5.16. The summed E-state index contributed by atoms with van der Waals surface area (Å²) in [6, 6.07) is 1.38. The van der Waals surface area contributed by atoms with Crippen LogP contribution in [0.2, 0.25) is 0 Å². The van der Waals surface area contributed by atoms with Crippen molar-refractivity contribution >= 4 is 64.2 Å². The van der Waals surface area contributed by atoms with Crippen molar-refractivity contribution in [3.8, 4) is 0 Å². The minimum absolute atomic E-state index is 0.0682. The lowest BCUT2D eigenvalue weighted by atomic mass is 10.5. The van der Waals surface area contributed by atoms with Crippen molar-refractivity contribution in [2.45, 2.75) is 4.90 Å². The van der Waals surface area contributed by atoms with Crippen molar-refractivity contribution < 1.29 is 8.42 Å². The number of sulfonamides is 1. The second-order valence-electron chi connectivity index (χ2n) is 3.11. The molecule has 10 heteroatoms. The van der Waals surface area contributed by atoms with Crippen LogP contribution < -0.4 is 10.5 Å². The SMILES string of the molecule is Nc1ncc(Br)cc1S(=O)(=O)Nc1ncc(Br)s1. The van der Waals surface area contributed by atoms with Gasteiger partial charge in [-0.15, -0.1) is 0 Å². The predicted octanol–water partition coefficient (Wildman–Crippen LogP) is 2.45.